The summed E-state index contributed by atoms with van der Waals surface area (Å²) < 4.78 is 9.87. The van der Waals surface area contributed by atoms with Gasteiger partial charge in [0.25, 0.3) is 0 Å². The van der Waals surface area contributed by atoms with E-state index in [9.17, 15) is 4.79 Å². The Bertz CT molecular complexity index is 342. The lowest BCUT2D eigenvalue weighted by Crippen LogP contribution is -2.34. The van der Waals surface area contributed by atoms with E-state index in [4.69, 9.17) is 14.6 Å². The van der Waals surface area contributed by atoms with E-state index in [1.54, 1.807) is 12.0 Å². The summed E-state index contributed by atoms with van der Waals surface area (Å²) in [5.74, 6) is 0. The third-order valence-electron chi connectivity index (χ3n) is 2.36. The average Bonchev–Trinajstić information content (AvgIpc) is 2.42. The average molecular weight is 253 g/mol. The molecule has 5 nitrogen and oxygen atoms in total. The summed E-state index contributed by atoms with van der Waals surface area (Å²) in [7, 11) is 1.58. The van der Waals surface area contributed by atoms with Crippen molar-refractivity contribution in [2.24, 2.45) is 0 Å². The number of nitrogens with zero attached hydrogens (tertiary/aromatic N) is 1. The largest absolute Gasteiger partial charge is 0.447 e. The summed E-state index contributed by atoms with van der Waals surface area (Å²) in [5, 5.41) is 8.64. The smallest absolute Gasteiger partial charge is 0.410 e. The van der Waals surface area contributed by atoms with Crippen LogP contribution in [0.15, 0.2) is 30.3 Å². The fourth-order valence-electron chi connectivity index (χ4n) is 1.46. The molecule has 0 aromatic heterocycles. The Kier molecular flexibility index (Phi) is 6.83. The van der Waals surface area contributed by atoms with Crippen molar-refractivity contribution in [1.82, 2.24) is 4.90 Å². The van der Waals surface area contributed by atoms with Crippen LogP contribution in [0.2, 0.25) is 0 Å². The van der Waals surface area contributed by atoms with Gasteiger partial charge in [-0.3, -0.25) is 0 Å². The first-order valence-corrected chi connectivity index (χ1v) is 5.83. The molecule has 0 fully saturated rings. The quantitative estimate of drug-likeness (QED) is 0.795. The van der Waals surface area contributed by atoms with Crippen LogP contribution in [0.3, 0.4) is 0 Å². The Labute approximate surface area is 107 Å². The SMILES string of the molecule is COCCN(Cc1ccccc1)C(=O)OCCO. The molecule has 0 bridgehead atoms. The molecule has 0 saturated heterocycles. The predicted octanol–water partition coefficient (Wildman–Crippen LogP) is 1.26. The third-order valence-corrected chi connectivity index (χ3v) is 2.36. The number of rotatable bonds is 7. The van der Waals surface area contributed by atoms with Gasteiger partial charge in [-0.2, -0.15) is 0 Å². The van der Waals surface area contributed by atoms with Crippen molar-refractivity contribution in [3.8, 4) is 0 Å². The normalized spacial score (nSPS) is 10.1. The summed E-state index contributed by atoms with van der Waals surface area (Å²) in [6, 6.07) is 9.65. The Balaban J connectivity index is 2.57. The Morgan fingerprint density at radius 2 is 2.00 bits per heavy atom. The van der Waals surface area contributed by atoms with Crippen LogP contribution >= 0.6 is 0 Å². The van der Waals surface area contributed by atoms with Crippen molar-refractivity contribution < 1.29 is 19.4 Å². The lowest BCUT2D eigenvalue weighted by Gasteiger charge is -2.21. The van der Waals surface area contributed by atoms with Gasteiger partial charge >= 0.3 is 6.09 Å². The van der Waals surface area contributed by atoms with Gasteiger partial charge in [0.05, 0.1) is 13.2 Å². The predicted molar refractivity (Wildman–Crippen MR) is 67.2 cm³/mol. The number of amides is 1. The standard InChI is InChI=1S/C13H19NO4/c1-17-9-7-14(13(16)18-10-8-15)11-12-5-3-2-4-6-12/h2-6,15H,7-11H2,1H3. The highest BCUT2D eigenvalue weighted by Gasteiger charge is 2.14. The molecule has 1 aromatic rings. The first-order chi connectivity index (χ1) is 8.77. The number of hydrogen-bond acceptors (Lipinski definition) is 4. The zero-order chi connectivity index (χ0) is 13.2. The molecule has 0 atom stereocenters. The van der Waals surface area contributed by atoms with E-state index in [-0.39, 0.29) is 13.2 Å². The van der Waals surface area contributed by atoms with Crippen molar-refractivity contribution in [3.05, 3.63) is 35.9 Å². The Morgan fingerprint density at radius 3 is 2.61 bits per heavy atom. The highest BCUT2D eigenvalue weighted by atomic mass is 16.6. The molecule has 0 radical (unpaired) electrons. The molecule has 0 saturated carbocycles. The Morgan fingerprint density at radius 1 is 1.28 bits per heavy atom. The van der Waals surface area contributed by atoms with E-state index < -0.39 is 6.09 Å². The van der Waals surface area contributed by atoms with Gasteiger partial charge in [-0.15, -0.1) is 0 Å². The molecule has 1 N–H and O–H groups in total. The van der Waals surface area contributed by atoms with Crippen molar-refractivity contribution in [2.75, 3.05) is 33.5 Å². The summed E-state index contributed by atoms with van der Waals surface area (Å²) in [4.78, 5) is 13.3. The number of ether oxygens (including phenoxy) is 2. The minimum atomic E-state index is -0.440. The molecule has 1 amide bonds. The van der Waals surface area contributed by atoms with Gasteiger partial charge in [0.1, 0.15) is 6.61 Å². The fourth-order valence-corrected chi connectivity index (χ4v) is 1.46. The summed E-state index contributed by atoms with van der Waals surface area (Å²) in [6.07, 6.45) is -0.440. The Hall–Kier alpha value is -1.59. The zero-order valence-corrected chi connectivity index (χ0v) is 10.5. The number of benzene rings is 1. The molecule has 0 spiro atoms. The molecular weight excluding hydrogens is 234 g/mol. The molecule has 0 aliphatic heterocycles. The number of methoxy groups -OCH3 is 1. The van der Waals surface area contributed by atoms with Crippen molar-refractivity contribution >= 4 is 6.09 Å². The second-order valence-electron chi connectivity index (χ2n) is 3.74. The van der Waals surface area contributed by atoms with Crippen LogP contribution in [-0.4, -0.2) is 49.6 Å². The zero-order valence-electron chi connectivity index (χ0n) is 10.5. The van der Waals surface area contributed by atoms with Crippen LogP contribution in [0.5, 0.6) is 0 Å². The van der Waals surface area contributed by atoms with Gasteiger partial charge in [0, 0.05) is 20.2 Å². The molecule has 1 aromatic carbocycles. The van der Waals surface area contributed by atoms with E-state index in [1.807, 2.05) is 30.3 Å². The first-order valence-electron chi connectivity index (χ1n) is 5.83. The van der Waals surface area contributed by atoms with Gasteiger partial charge in [0.15, 0.2) is 0 Å². The fraction of sp³-hybridized carbons (Fsp3) is 0.462. The highest BCUT2D eigenvalue weighted by Crippen LogP contribution is 2.06. The molecule has 5 heteroatoms. The minimum absolute atomic E-state index is 0.0110. The lowest BCUT2D eigenvalue weighted by molar-refractivity contribution is 0.0712. The molecule has 0 aliphatic carbocycles. The monoisotopic (exact) mass is 253 g/mol. The van der Waals surface area contributed by atoms with E-state index >= 15 is 0 Å². The van der Waals surface area contributed by atoms with Crippen LogP contribution in [0.25, 0.3) is 0 Å². The van der Waals surface area contributed by atoms with Gasteiger partial charge in [0.2, 0.25) is 0 Å². The summed E-state index contributed by atoms with van der Waals surface area (Å²) in [5.41, 5.74) is 1.02. The molecule has 0 unspecified atom stereocenters. The second-order valence-corrected chi connectivity index (χ2v) is 3.74. The lowest BCUT2D eigenvalue weighted by atomic mass is 10.2. The molecule has 1 rings (SSSR count). The molecule has 18 heavy (non-hydrogen) atoms. The maximum absolute atomic E-state index is 11.7. The van der Waals surface area contributed by atoms with E-state index in [0.29, 0.717) is 19.7 Å². The van der Waals surface area contributed by atoms with E-state index in [2.05, 4.69) is 0 Å². The van der Waals surface area contributed by atoms with Crippen LogP contribution < -0.4 is 0 Å². The van der Waals surface area contributed by atoms with Gasteiger partial charge in [-0.1, -0.05) is 30.3 Å². The molecule has 0 heterocycles. The topological polar surface area (TPSA) is 59.0 Å². The van der Waals surface area contributed by atoms with Gasteiger partial charge in [-0.25, -0.2) is 4.79 Å². The summed E-state index contributed by atoms with van der Waals surface area (Å²) in [6.45, 7) is 1.21. The maximum Gasteiger partial charge on any atom is 0.410 e. The number of aliphatic hydroxyl groups is 1. The van der Waals surface area contributed by atoms with Gasteiger partial charge < -0.3 is 19.5 Å². The van der Waals surface area contributed by atoms with Crippen LogP contribution in [-0.2, 0) is 16.0 Å². The molecule has 100 valence electrons. The highest BCUT2D eigenvalue weighted by molar-refractivity contribution is 5.67. The van der Waals surface area contributed by atoms with E-state index in [0.717, 1.165) is 5.56 Å². The van der Waals surface area contributed by atoms with Crippen molar-refractivity contribution in [1.29, 1.82) is 0 Å². The molecular formula is C13H19NO4. The van der Waals surface area contributed by atoms with Crippen molar-refractivity contribution in [3.63, 3.8) is 0 Å². The van der Waals surface area contributed by atoms with Crippen LogP contribution in [0.1, 0.15) is 5.56 Å². The number of aliphatic hydroxyl groups excluding tert-OH is 1. The maximum atomic E-state index is 11.7. The second kappa shape index (κ2) is 8.49. The number of carbonyl (C=O) groups excluding carboxylic acids is 1. The van der Waals surface area contributed by atoms with Crippen LogP contribution in [0, 0.1) is 0 Å². The number of hydrogen-bond donors (Lipinski definition) is 1. The third kappa shape index (κ3) is 5.16. The van der Waals surface area contributed by atoms with Crippen LogP contribution in [0.4, 0.5) is 4.79 Å². The summed E-state index contributed by atoms with van der Waals surface area (Å²) >= 11 is 0. The van der Waals surface area contributed by atoms with Crippen molar-refractivity contribution in [2.45, 2.75) is 6.54 Å². The first kappa shape index (κ1) is 14.5. The van der Waals surface area contributed by atoms with Gasteiger partial charge in [-0.05, 0) is 5.56 Å². The molecule has 0 aliphatic rings. The van der Waals surface area contributed by atoms with E-state index in [1.165, 1.54) is 0 Å². The minimum Gasteiger partial charge on any atom is -0.447 e. The number of carbonyl (C=O) groups is 1.